The van der Waals surface area contributed by atoms with Crippen molar-refractivity contribution in [1.29, 1.82) is 0 Å². The summed E-state index contributed by atoms with van der Waals surface area (Å²) < 4.78 is 0. The maximum absolute atomic E-state index is 2.75. The van der Waals surface area contributed by atoms with Gasteiger partial charge < -0.3 is 0 Å². The molecule has 0 aliphatic carbocycles. The zero-order valence-corrected chi connectivity index (χ0v) is 38.3. The van der Waals surface area contributed by atoms with E-state index in [1.165, 1.54) is 16.7 Å². The third-order valence-electron chi connectivity index (χ3n) is 10.4. The van der Waals surface area contributed by atoms with Crippen molar-refractivity contribution < 1.29 is 0 Å². The second kappa shape index (κ2) is 16.8. The molecule has 0 amide bonds. The van der Waals surface area contributed by atoms with Crippen molar-refractivity contribution in [3.05, 3.63) is 86.5 Å². The molecule has 0 spiro atoms. The van der Waals surface area contributed by atoms with Gasteiger partial charge >= 0.3 is 310 Å². The second-order valence-corrected chi connectivity index (χ2v) is 29.7. The van der Waals surface area contributed by atoms with E-state index in [-0.39, 0.29) is 0 Å². The van der Waals surface area contributed by atoms with Crippen molar-refractivity contribution in [1.82, 2.24) is 0 Å². The third kappa shape index (κ3) is 8.74. The quantitative estimate of drug-likeness (QED) is 0.153. The van der Waals surface area contributed by atoms with Crippen LogP contribution in [0.5, 0.6) is 0 Å². The molecular weight excluding hydrogens is 669 g/mol. The Morgan fingerprint density at radius 3 is 0.667 bits per heavy atom. The van der Waals surface area contributed by atoms with E-state index in [1.807, 2.05) is 0 Å². The molecule has 0 unspecified atom stereocenters. The first kappa shape index (κ1) is 41.1. The van der Waals surface area contributed by atoms with Crippen molar-refractivity contribution in [2.75, 3.05) is 0 Å². The summed E-state index contributed by atoms with van der Waals surface area (Å²) in [6, 6.07) is 15.8. The van der Waals surface area contributed by atoms with Gasteiger partial charge in [0, 0.05) is 0 Å². The van der Waals surface area contributed by atoms with Crippen LogP contribution in [0.25, 0.3) is 0 Å². The summed E-state index contributed by atoms with van der Waals surface area (Å²) in [4.78, 5) is 0. The monoisotopic (exact) mass is 739 g/mol. The van der Waals surface area contributed by atoms with E-state index >= 15 is 0 Å². The van der Waals surface area contributed by atoms with Crippen molar-refractivity contribution in [3.63, 3.8) is 0 Å². The number of hydrogen-bond acceptors (Lipinski definition) is 0. The molecule has 3 heteroatoms. The molecule has 0 aliphatic heterocycles. The Kier molecular flexibility index (Phi) is 14.3. The van der Waals surface area contributed by atoms with Crippen LogP contribution in [-0.4, -0.2) is 30.1 Å². The van der Waals surface area contributed by atoms with Gasteiger partial charge in [0.1, 0.15) is 0 Å². The predicted octanol–water partition coefficient (Wildman–Crippen LogP) is 11.6. The van der Waals surface area contributed by atoms with Gasteiger partial charge in [-0.05, 0) is 0 Å². The fourth-order valence-corrected chi connectivity index (χ4v) is 23.5. The van der Waals surface area contributed by atoms with Crippen molar-refractivity contribution >= 4 is 45.6 Å². The van der Waals surface area contributed by atoms with E-state index < -0.39 is 14.7 Å². The van der Waals surface area contributed by atoms with Gasteiger partial charge in [-0.15, -0.1) is 0 Å². The molecule has 261 valence electrons. The zero-order chi connectivity index (χ0) is 36.5. The number of hydrogen-bond donors (Lipinski definition) is 0. The van der Waals surface area contributed by atoms with Crippen molar-refractivity contribution in [2.24, 2.45) is 0 Å². The normalized spacial score (nSPS) is 12.7. The summed E-state index contributed by atoms with van der Waals surface area (Å²) in [6.45, 7) is 43.7. The van der Waals surface area contributed by atoms with E-state index in [0.29, 0.717) is 53.3 Å². The molecule has 0 bridgehead atoms. The summed E-state index contributed by atoms with van der Waals surface area (Å²) in [6.07, 6.45) is -1.08. The van der Waals surface area contributed by atoms with Crippen LogP contribution in [0.2, 0.25) is 0 Å². The van der Waals surface area contributed by atoms with Crippen molar-refractivity contribution in [2.45, 2.75) is 178 Å². The molecule has 3 rings (SSSR count). The number of benzene rings is 3. The molecule has 0 saturated heterocycles. The average molecular weight is 739 g/mol. The summed E-state index contributed by atoms with van der Waals surface area (Å²) in [5.74, 6) is 4.45. The summed E-state index contributed by atoms with van der Waals surface area (Å²) in [5.41, 5.74) is 14.3. The summed E-state index contributed by atoms with van der Waals surface area (Å²) in [7, 11) is -1.25. The molecule has 0 N–H and O–H groups in total. The molecule has 3 radical (unpaired) electrons. The van der Waals surface area contributed by atoms with E-state index in [2.05, 4.69) is 176 Å². The molecule has 48 heavy (non-hydrogen) atoms. The van der Waals surface area contributed by atoms with E-state index in [1.54, 1.807) is 48.9 Å². The van der Waals surface area contributed by atoms with Crippen molar-refractivity contribution in [3.8, 4) is 0 Å². The first-order valence-corrected chi connectivity index (χ1v) is 26.4. The number of rotatable bonds is 13. The van der Waals surface area contributed by atoms with Gasteiger partial charge in [0.25, 0.3) is 0 Å². The standard InChI is InChI=1S/C45H69GeSi2/c1-25(2)34-19-37(28(7)8)43(38(20-34)29(9)10)47(44-39(30(11)12)21-35(26(3)4)22-40(44)31(13)14)48(46)45-41(32(15)16)23-36(27(5)6)24-42(45)33(17)18/h19-33H,1-18H3. The Morgan fingerprint density at radius 1 is 0.312 bits per heavy atom. The first-order valence-electron chi connectivity index (χ1n) is 19.2. The summed E-state index contributed by atoms with van der Waals surface area (Å²) in [5, 5.41) is 5.26. The average Bonchev–Trinajstić information content (AvgIpc) is 2.99. The van der Waals surface area contributed by atoms with Crippen LogP contribution in [0.3, 0.4) is 0 Å². The molecule has 0 aromatic heterocycles. The van der Waals surface area contributed by atoms with Gasteiger partial charge in [-0.2, -0.15) is 0 Å². The molecule has 0 fully saturated rings. The van der Waals surface area contributed by atoms with Gasteiger partial charge in [0.15, 0.2) is 0 Å². The molecule has 0 nitrogen and oxygen atoms in total. The Hall–Kier alpha value is -1.36. The zero-order valence-electron chi connectivity index (χ0n) is 34.2. The Balaban J connectivity index is 2.75. The third-order valence-corrected chi connectivity index (χ3v) is 24.2. The van der Waals surface area contributed by atoms with Gasteiger partial charge in [0.05, 0.1) is 0 Å². The fourth-order valence-electron chi connectivity index (χ4n) is 7.23. The van der Waals surface area contributed by atoms with Crippen LogP contribution in [0.1, 0.15) is 228 Å². The van der Waals surface area contributed by atoms with Gasteiger partial charge in [-0.1, -0.05) is 0 Å². The topological polar surface area (TPSA) is 0 Å². The van der Waals surface area contributed by atoms with Crippen LogP contribution in [0.4, 0.5) is 0 Å². The molecular formula is C45H69GeSi2. The minimum absolute atomic E-state index is 0.475. The Bertz CT molecular complexity index is 1420. The molecule has 0 saturated carbocycles. The molecule has 3 aromatic carbocycles. The maximum atomic E-state index is 2.75. The van der Waals surface area contributed by atoms with E-state index in [9.17, 15) is 0 Å². The summed E-state index contributed by atoms with van der Waals surface area (Å²) >= 11 is 2.75. The molecule has 0 heterocycles. The Labute approximate surface area is 308 Å². The van der Waals surface area contributed by atoms with Gasteiger partial charge in [0.2, 0.25) is 0 Å². The van der Waals surface area contributed by atoms with E-state index in [4.69, 9.17) is 0 Å². The predicted molar refractivity (Wildman–Crippen MR) is 222 cm³/mol. The Morgan fingerprint density at radius 2 is 0.500 bits per heavy atom. The van der Waals surface area contributed by atoms with Gasteiger partial charge in [-0.25, -0.2) is 0 Å². The fraction of sp³-hybridized carbons (Fsp3) is 0.600. The van der Waals surface area contributed by atoms with Crippen LogP contribution in [0.15, 0.2) is 36.4 Å². The van der Waals surface area contributed by atoms with Crippen LogP contribution in [0, 0.1) is 0 Å². The van der Waals surface area contributed by atoms with E-state index in [0.717, 1.165) is 0 Å². The van der Waals surface area contributed by atoms with Gasteiger partial charge in [-0.3, -0.25) is 0 Å². The SMILES string of the molecule is CC(C)c1cc(C(C)C)c([Si](c2c(C(C)C)cc(C(C)C)cc2C(C)C)[Si](=[Ge])c2c(C(C)C)cc(C(C)C)cc2C(C)C)c(C(C)C)c1. The molecule has 0 atom stereocenters. The van der Waals surface area contributed by atoms with Crippen LogP contribution in [-0.2, 0) is 0 Å². The minimum atomic E-state index is -1.25. The molecule has 0 aliphatic rings. The van der Waals surface area contributed by atoms with Crippen LogP contribution >= 0.6 is 0 Å². The molecule has 3 aromatic rings. The van der Waals surface area contributed by atoms with Crippen LogP contribution < -0.4 is 15.6 Å². The first-order chi connectivity index (χ1) is 22.2. The second-order valence-electron chi connectivity index (χ2n) is 17.4.